The third kappa shape index (κ3) is 2.22. The van der Waals surface area contributed by atoms with Crippen LogP contribution in [-0.4, -0.2) is 30.7 Å². The molecule has 0 aromatic carbocycles. The average molecular weight is 238 g/mol. The van der Waals surface area contributed by atoms with Gasteiger partial charge in [-0.2, -0.15) is 5.10 Å². The monoisotopic (exact) mass is 238 g/mol. The molecule has 0 spiro atoms. The first kappa shape index (κ1) is 10.7. The number of carbonyl (C=O) groups excluding carboxylic acids is 1. The van der Waals surface area contributed by atoms with Crippen LogP contribution in [0.1, 0.15) is 28.1 Å². The fourth-order valence-corrected chi connectivity index (χ4v) is 1.84. The van der Waals surface area contributed by atoms with Crippen LogP contribution in [0.4, 0.5) is 0 Å². The molecule has 2 rings (SSSR count). The molecule has 2 aromatic rings. The van der Waals surface area contributed by atoms with Crippen LogP contribution in [0.3, 0.4) is 0 Å². The van der Waals surface area contributed by atoms with E-state index in [9.17, 15) is 4.79 Å². The Labute approximate surface area is 95.5 Å². The Kier molecular flexibility index (Phi) is 3.20. The lowest BCUT2D eigenvalue weighted by atomic mass is 10.3. The number of nitrogens with zero attached hydrogens (tertiary/aromatic N) is 4. The molecule has 8 heteroatoms. The number of carbonyl (C=O) groups is 1. The summed E-state index contributed by atoms with van der Waals surface area (Å²) in [7, 11) is 0. The summed E-state index contributed by atoms with van der Waals surface area (Å²) in [5, 5.41) is 12.9. The van der Waals surface area contributed by atoms with Gasteiger partial charge in [-0.3, -0.25) is 9.89 Å². The van der Waals surface area contributed by atoms with E-state index in [-0.39, 0.29) is 5.91 Å². The van der Waals surface area contributed by atoms with E-state index in [1.165, 1.54) is 6.33 Å². The zero-order chi connectivity index (χ0) is 11.4. The van der Waals surface area contributed by atoms with Crippen molar-refractivity contribution in [2.24, 2.45) is 0 Å². The van der Waals surface area contributed by atoms with Gasteiger partial charge >= 0.3 is 0 Å². The summed E-state index contributed by atoms with van der Waals surface area (Å²) in [4.78, 5) is 16.2. The molecule has 0 fully saturated rings. The Hall–Kier alpha value is -1.83. The number of aryl methyl sites for hydroxylation is 1. The SMILES string of the molecule is CCc1nnsc1C(=O)NCc1ncn[nH]1. The van der Waals surface area contributed by atoms with Crippen molar-refractivity contribution in [1.82, 2.24) is 30.1 Å². The smallest absolute Gasteiger partial charge is 0.265 e. The molecule has 0 atom stereocenters. The van der Waals surface area contributed by atoms with Crippen molar-refractivity contribution in [1.29, 1.82) is 0 Å². The standard InChI is InChI=1S/C8H10N6OS/c1-2-5-7(16-14-12-5)8(15)9-3-6-10-4-11-13-6/h4H,2-3H2,1H3,(H,9,15)(H,10,11,13). The Morgan fingerprint density at radius 3 is 3.19 bits per heavy atom. The lowest BCUT2D eigenvalue weighted by molar-refractivity contribution is 0.0953. The Morgan fingerprint density at radius 2 is 2.50 bits per heavy atom. The van der Waals surface area contributed by atoms with Crippen LogP contribution in [0.5, 0.6) is 0 Å². The number of aromatic amines is 1. The quantitative estimate of drug-likeness (QED) is 0.790. The second kappa shape index (κ2) is 4.79. The highest BCUT2D eigenvalue weighted by Crippen LogP contribution is 2.10. The summed E-state index contributed by atoms with van der Waals surface area (Å²) < 4.78 is 3.75. The van der Waals surface area contributed by atoms with E-state index in [0.29, 0.717) is 23.7 Å². The summed E-state index contributed by atoms with van der Waals surface area (Å²) >= 11 is 1.10. The predicted molar refractivity (Wildman–Crippen MR) is 56.8 cm³/mol. The Balaban J connectivity index is 1.98. The molecule has 0 saturated heterocycles. The zero-order valence-corrected chi connectivity index (χ0v) is 9.41. The highest BCUT2D eigenvalue weighted by molar-refractivity contribution is 7.08. The summed E-state index contributed by atoms with van der Waals surface area (Å²) in [5.41, 5.74) is 0.722. The van der Waals surface area contributed by atoms with Crippen molar-refractivity contribution in [3.05, 3.63) is 22.7 Å². The van der Waals surface area contributed by atoms with Crippen molar-refractivity contribution in [3.63, 3.8) is 0 Å². The van der Waals surface area contributed by atoms with Crippen molar-refractivity contribution in [2.75, 3.05) is 0 Å². The van der Waals surface area contributed by atoms with E-state index < -0.39 is 0 Å². The highest BCUT2D eigenvalue weighted by atomic mass is 32.1. The molecule has 0 aliphatic rings. The molecule has 0 bridgehead atoms. The van der Waals surface area contributed by atoms with E-state index in [0.717, 1.165) is 17.2 Å². The maximum absolute atomic E-state index is 11.7. The molecule has 0 unspecified atom stereocenters. The lowest BCUT2D eigenvalue weighted by Gasteiger charge is -2.00. The van der Waals surface area contributed by atoms with Crippen LogP contribution >= 0.6 is 11.5 Å². The predicted octanol–water partition coefficient (Wildman–Crippen LogP) is 0.149. The molecular weight excluding hydrogens is 228 g/mol. The molecule has 84 valence electrons. The number of amides is 1. The van der Waals surface area contributed by atoms with Gasteiger partial charge in [-0.25, -0.2) is 4.98 Å². The van der Waals surface area contributed by atoms with Crippen LogP contribution in [0.2, 0.25) is 0 Å². The van der Waals surface area contributed by atoms with Gasteiger partial charge in [-0.05, 0) is 18.0 Å². The maximum atomic E-state index is 11.7. The first-order chi connectivity index (χ1) is 7.81. The van der Waals surface area contributed by atoms with Crippen molar-refractivity contribution in [3.8, 4) is 0 Å². The minimum Gasteiger partial charge on any atom is -0.344 e. The molecule has 0 aliphatic carbocycles. The van der Waals surface area contributed by atoms with Gasteiger partial charge in [0, 0.05) is 0 Å². The van der Waals surface area contributed by atoms with Crippen LogP contribution < -0.4 is 5.32 Å². The topological polar surface area (TPSA) is 96.5 Å². The third-order valence-electron chi connectivity index (χ3n) is 1.98. The van der Waals surface area contributed by atoms with E-state index in [1.54, 1.807) is 0 Å². The normalized spacial score (nSPS) is 10.3. The highest BCUT2D eigenvalue weighted by Gasteiger charge is 2.14. The minimum absolute atomic E-state index is 0.178. The number of hydrogen-bond acceptors (Lipinski definition) is 6. The largest absolute Gasteiger partial charge is 0.344 e. The summed E-state index contributed by atoms with van der Waals surface area (Å²) in [6.45, 7) is 2.25. The zero-order valence-electron chi connectivity index (χ0n) is 8.60. The lowest BCUT2D eigenvalue weighted by Crippen LogP contribution is -2.23. The Bertz CT molecular complexity index is 465. The first-order valence-corrected chi connectivity index (χ1v) is 5.52. The van der Waals surface area contributed by atoms with Gasteiger partial charge in [0.05, 0.1) is 12.2 Å². The molecule has 7 nitrogen and oxygen atoms in total. The second-order valence-electron chi connectivity index (χ2n) is 3.02. The summed E-state index contributed by atoms with van der Waals surface area (Å²) in [6, 6.07) is 0. The van der Waals surface area contributed by atoms with Gasteiger partial charge in [0.25, 0.3) is 5.91 Å². The van der Waals surface area contributed by atoms with Gasteiger partial charge in [0.15, 0.2) is 0 Å². The van der Waals surface area contributed by atoms with Crippen molar-refractivity contribution >= 4 is 17.4 Å². The average Bonchev–Trinajstić information content (AvgIpc) is 2.96. The van der Waals surface area contributed by atoms with E-state index >= 15 is 0 Å². The summed E-state index contributed by atoms with van der Waals surface area (Å²) in [5.74, 6) is 0.437. The van der Waals surface area contributed by atoms with Gasteiger partial charge in [-0.1, -0.05) is 11.4 Å². The van der Waals surface area contributed by atoms with Crippen molar-refractivity contribution < 1.29 is 4.79 Å². The number of nitrogens with one attached hydrogen (secondary N) is 2. The maximum Gasteiger partial charge on any atom is 0.265 e. The van der Waals surface area contributed by atoms with Crippen LogP contribution in [0.15, 0.2) is 6.33 Å². The molecule has 1 amide bonds. The minimum atomic E-state index is -0.178. The van der Waals surface area contributed by atoms with Crippen LogP contribution in [-0.2, 0) is 13.0 Å². The van der Waals surface area contributed by atoms with Crippen LogP contribution in [0, 0.1) is 0 Å². The van der Waals surface area contributed by atoms with Crippen LogP contribution in [0.25, 0.3) is 0 Å². The van der Waals surface area contributed by atoms with E-state index in [2.05, 4.69) is 30.1 Å². The molecule has 0 radical (unpaired) electrons. The summed E-state index contributed by atoms with van der Waals surface area (Å²) in [6.07, 6.45) is 2.09. The molecule has 2 N–H and O–H groups in total. The molecule has 0 saturated carbocycles. The van der Waals surface area contributed by atoms with Gasteiger partial charge < -0.3 is 5.32 Å². The fourth-order valence-electron chi connectivity index (χ4n) is 1.17. The number of H-pyrrole nitrogens is 1. The Morgan fingerprint density at radius 1 is 1.62 bits per heavy atom. The first-order valence-electron chi connectivity index (χ1n) is 4.75. The van der Waals surface area contributed by atoms with Crippen molar-refractivity contribution in [2.45, 2.75) is 19.9 Å². The molecular formula is C8H10N6OS. The second-order valence-corrected chi connectivity index (χ2v) is 3.77. The number of hydrogen-bond donors (Lipinski definition) is 2. The molecule has 0 aliphatic heterocycles. The molecule has 16 heavy (non-hydrogen) atoms. The number of rotatable bonds is 4. The van der Waals surface area contributed by atoms with Gasteiger partial charge in [-0.15, -0.1) is 5.10 Å². The van der Waals surface area contributed by atoms with E-state index in [1.807, 2.05) is 6.92 Å². The van der Waals surface area contributed by atoms with E-state index in [4.69, 9.17) is 0 Å². The number of aromatic nitrogens is 5. The molecule has 2 aromatic heterocycles. The van der Waals surface area contributed by atoms with Gasteiger partial charge in [0.1, 0.15) is 17.0 Å². The fraction of sp³-hybridized carbons (Fsp3) is 0.375. The molecule has 2 heterocycles. The third-order valence-corrected chi connectivity index (χ3v) is 2.75. The van der Waals surface area contributed by atoms with Gasteiger partial charge in [0.2, 0.25) is 0 Å².